The van der Waals surface area contributed by atoms with Gasteiger partial charge in [0.2, 0.25) is 0 Å². The van der Waals surface area contributed by atoms with Crippen LogP contribution in [0.25, 0.3) is 0 Å². The van der Waals surface area contributed by atoms with Gasteiger partial charge in [-0.15, -0.1) is 0 Å². The quantitative estimate of drug-likeness (QED) is 0.897. The lowest BCUT2D eigenvalue weighted by Crippen LogP contribution is -2.29. The highest BCUT2D eigenvalue weighted by Gasteiger charge is 2.16. The number of halogens is 2. The first-order chi connectivity index (χ1) is 8.15. The Kier molecular flexibility index (Phi) is 4.59. The van der Waals surface area contributed by atoms with Crippen LogP contribution >= 0.6 is 31.9 Å². The number of hydrogen-bond acceptors (Lipinski definition) is 2. The van der Waals surface area contributed by atoms with Gasteiger partial charge in [0.1, 0.15) is 0 Å². The van der Waals surface area contributed by atoms with Crippen molar-refractivity contribution >= 4 is 37.8 Å². The third-order valence-electron chi connectivity index (χ3n) is 2.70. The summed E-state index contributed by atoms with van der Waals surface area (Å²) in [5.74, 6) is 0.411. The van der Waals surface area contributed by atoms with Crippen LogP contribution in [0, 0.1) is 5.92 Å². The highest BCUT2D eigenvalue weighted by Crippen LogP contribution is 2.20. The van der Waals surface area contributed by atoms with E-state index in [0.29, 0.717) is 18.0 Å². The van der Waals surface area contributed by atoms with Crippen molar-refractivity contribution in [3.8, 4) is 0 Å². The van der Waals surface area contributed by atoms with E-state index in [1.165, 1.54) is 0 Å². The molecule has 17 heavy (non-hydrogen) atoms. The van der Waals surface area contributed by atoms with E-state index in [2.05, 4.69) is 37.2 Å². The van der Waals surface area contributed by atoms with Crippen molar-refractivity contribution in [1.82, 2.24) is 5.32 Å². The minimum Gasteiger partial charge on any atom is -0.381 e. The lowest BCUT2D eigenvalue weighted by atomic mass is 10.1. The summed E-state index contributed by atoms with van der Waals surface area (Å²) in [4.78, 5) is 11.9. The molecule has 0 aliphatic carbocycles. The number of ether oxygens (including phenoxy) is 1. The average Bonchev–Trinajstić information content (AvgIpc) is 2.77. The van der Waals surface area contributed by atoms with Crippen LogP contribution in [0.1, 0.15) is 16.8 Å². The summed E-state index contributed by atoms with van der Waals surface area (Å²) in [5.41, 5.74) is 0.658. The third kappa shape index (κ3) is 3.79. The number of nitrogens with one attached hydrogen (secondary N) is 1. The minimum absolute atomic E-state index is 0.0427. The fourth-order valence-corrected chi connectivity index (χ4v) is 3.06. The van der Waals surface area contributed by atoms with Crippen LogP contribution in [0.15, 0.2) is 27.1 Å². The highest BCUT2D eigenvalue weighted by molar-refractivity contribution is 9.11. The molecule has 3 nitrogen and oxygen atoms in total. The van der Waals surface area contributed by atoms with Crippen LogP contribution in [0.4, 0.5) is 0 Å². The Morgan fingerprint density at radius 1 is 1.35 bits per heavy atom. The Morgan fingerprint density at radius 2 is 2.06 bits per heavy atom. The number of carbonyl (C=O) groups excluding carboxylic acids is 1. The SMILES string of the molecule is O=C(NCC1CCOC1)c1cc(Br)cc(Br)c1. The summed E-state index contributed by atoms with van der Waals surface area (Å²) in [6, 6.07) is 5.53. The maximum atomic E-state index is 11.9. The normalized spacial score (nSPS) is 19.3. The van der Waals surface area contributed by atoms with Crippen molar-refractivity contribution in [3.63, 3.8) is 0 Å². The fourth-order valence-electron chi connectivity index (χ4n) is 1.77. The van der Waals surface area contributed by atoms with Gasteiger partial charge in [-0.25, -0.2) is 0 Å². The number of rotatable bonds is 3. The Balaban J connectivity index is 1.94. The maximum absolute atomic E-state index is 11.9. The minimum atomic E-state index is -0.0427. The number of benzene rings is 1. The molecule has 5 heteroatoms. The van der Waals surface area contributed by atoms with Gasteiger partial charge in [-0.2, -0.15) is 0 Å². The highest BCUT2D eigenvalue weighted by atomic mass is 79.9. The molecular formula is C12H13Br2NO2. The second kappa shape index (κ2) is 5.98. The van der Waals surface area contributed by atoms with Crippen molar-refractivity contribution in [2.24, 2.45) is 5.92 Å². The molecule has 1 amide bonds. The van der Waals surface area contributed by atoms with Crippen molar-refractivity contribution in [1.29, 1.82) is 0 Å². The van der Waals surface area contributed by atoms with Gasteiger partial charge in [-0.3, -0.25) is 4.79 Å². The Labute approximate surface area is 117 Å². The average molecular weight is 363 g/mol. The van der Waals surface area contributed by atoms with E-state index >= 15 is 0 Å². The molecule has 1 atom stereocenters. The van der Waals surface area contributed by atoms with E-state index in [0.717, 1.165) is 28.6 Å². The van der Waals surface area contributed by atoms with Crippen molar-refractivity contribution < 1.29 is 9.53 Å². The van der Waals surface area contributed by atoms with Crippen LogP contribution in [-0.4, -0.2) is 25.7 Å². The second-order valence-corrected chi connectivity index (χ2v) is 5.93. The number of amides is 1. The molecule has 92 valence electrons. The first kappa shape index (κ1) is 13.1. The summed E-state index contributed by atoms with van der Waals surface area (Å²) in [5, 5.41) is 2.93. The Bertz CT molecular complexity index is 397. The van der Waals surface area contributed by atoms with Gasteiger partial charge in [0.15, 0.2) is 0 Å². The zero-order chi connectivity index (χ0) is 12.3. The number of hydrogen-bond donors (Lipinski definition) is 1. The van der Waals surface area contributed by atoms with Gasteiger partial charge in [-0.1, -0.05) is 31.9 Å². The van der Waals surface area contributed by atoms with Gasteiger partial charge in [0.05, 0.1) is 6.61 Å². The predicted molar refractivity (Wildman–Crippen MR) is 73.1 cm³/mol. The molecule has 0 aromatic heterocycles. The van der Waals surface area contributed by atoms with Crippen LogP contribution in [0.3, 0.4) is 0 Å². The first-order valence-electron chi connectivity index (χ1n) is 5.47. The standard InChI is InChI=1S/C12H13Br2NO2/c13-10-3-9(4-11(14)5-10)12(16)15-6-8-1-2-17-7-8/h3-5,8H,1-2,6-7H2,(H,15,16). The van der Waals surface area contributed by atoms with Crippen LogP contribution in [-0.2, 0) is 4.74 Å². The molecule has 0 spiro atoms. The fraction of sp³-hybridized carbons (Fsp3) is 0.417. The molecule has 1 aliphatic rings. The largest absolute Gasteiger partial charge is 0.381 e. The van der Waals surface area contributed by atoms with Crippen molar-refractivity contribution in [2.75, 3.05) is 19.8 Å². The molecule has 1 N–H and O–H groups in total. The molecule has 0 bridgehead atoms. The van der Waals surface area contributed by atoms with Gasteiger partial charge >= 0.3 is 0 Å². The molecule has 0 saturated carbocycles. The van der Waals surface area contributed by atoms with Crippen molar-refractivity contribution in [2.45, 2.75) is 6.42 Å². The van der Waals surface area contributed by atoms with E-state index in [-0.39, 0.29) is 5.91 Å². The summed E-state index contributed by atoms with van der Waals surface area (Å²) in [6.45, 7) is 2.24. The zero-order valence-corrected chi connectivity index (χ0v) is 12.4. The molecule has 0 radical (unpaired) electrons. The lowest BCUT2D eigenvalue weighted by Gasteiger charge is -2.10. The predicted octanol–water partition coefficient (Wildman–Crippen LogP) is 2.98. The second-order valence-electron chi connectivity index (χ2n) is 4.10. The first-order valence-corrected chi connectivity index (χ1v) is 7.06. The molecule has 1 aromatic carbocycles. The topological polar surface area (TPSA) is 38.3 Å². The lowest BCUT2D eigenvalue weighted by molar-refractivity contribution is 0.0945. The zero-order valence-electron chi connectivity index (χ0n) is 9.21. The Hall–Kier alpha value is -0.390. The van der Waals surface area contributed by atoms with E-state index in [1.54, 1.807) is 0 Å². The molecule has 1 fully saturated rings. The molecule has 1 saturated heterocycles. The summed E-state index contributed by atoms with van der Waals surface area (Å²) >= 11 is 6.74. The molecule has 2 rings (SSSR count). The van der Waals surface area contributed by atoms with Gasteiger partial charge in [0, 0.05) is 33.6 Å². The number of carbonyl (C=O) groups is 1. The summed E-state index contributed by atoms with van der Waals surface area (Å²) in [6.07, 6.45) is 1.03. The maximum Gasteiger partial charge on any atom is 0.251 e. The van der Waals surface area contributed by atoms with E-state index in [1.807, 2.05) is 18.2 Å². The summed E-state index contributed by atoms with van der Waals surface area (Å²) in [7, 11) is 0. The molecule has 1 unspecified atom stereocenters. The molecule has 1 aliphatic heterocycles. The Morgan fingerprint density at radius 3 is 2.65 bits per heavy atom. The summed E-state index contributed by atoms with van der Waals surface area (Å²) < 4.78 is 7.05. The van der Waals surface area contributed by atoms with Crippen LogP contribution < -0.4 is 5.32 Å². The third-order valence-corrected chi connectivity index (χ3v) is 3.62. The van der Waals surface area contributed by atoms with E-state index in [9.17, 15) is 4.79 Å². The van der Waals surface area contributed by atoms with Gasteiger partial charge in [0.25, 0.3) is 5.91 Å². The van der Waals surface area contributed by atoms with Crippen LogP contribution in [0.2, 0.25) is 0 Å². The smallest absolute Gasteiger partial charge is 0.251 e. The monoisotopic (exact) mass is 361 g/mol. The van der Waals surface area contributed by atoms with Gasteiger partial charge in [-0.05, 0) is 24.6 Å². The van der Waals surface area contributed by atoms with Crippen molar-refractivity contribution in [3.05, 3.63) is 32.7 Å². The van der Waals surface area contributed by atoms with E-state index in [4.69, 9.17) is 4.74 Å². The molecule has 1 aromatic rings. The molecule has 1 heterocycles. The molecular weight excluding hydrogens is 350 g/mol. The van der Waals surface area contributed by atoms with Gasteiger partial charge < -0.3 is 10.1 Å². The van der Waals surface area contributed by atoms with E-state index < -0.39 is 0 Å². The van der Waals surface area contributed by atoms with Crippen LogP contribution in [0.5, 0.6) is 0 Å².